The van der Waals surface area contributed by atoms with Crippen LogP contribution in [-0.2, 0) is 0 Å². The van der Waals surface area contributed by atoms with Gasteiger partial charge in [-0.05, 0) is 43.5 Å². The van der Waals surface area contributed by atoms with Crippen LogP contribution in [0.2, 0.25) is 0 Å². The van der Waals surface area contributed by atoms with Crippen molar-refractivity contribution in [1.82, 2.24) is 0 Å². The molecule has 0 amide bonds. The van der Waals surface area contributed by atoms with Crippen LogP contribution in [0.3, 0.4) is 0 Å². The van der Waals surface area contributed by atoms with E-state index in [9.17, 15) is 0 Å². The Bertz CT molecular complexity index is 425. The predicted octanol–water partition coefficient (Wildman–Crippen LogP) is 4.61. The molecule has 0 spiro atoms. The first-order valence-corrected chi connectivity index (χ1v) is 5.62. The van der Waals surface area contributed by atoms with Crippen molar-refractivity contribution < 1.29 is 0 Å². The molecule has 0 saturated heterocycles. The number of aryl methyl sites for hydroxylation is 1. The van der Waals surface area contributed by atoms with Gasteiger partial charge in [0.05, 0.1) is 11.4 Å². The van der Waals surface area contributed by atoms with Crippen LogP contribution in [0, 0.1) is 6.92 Å². The lowest BCUT2D eigenvalue weighted by Gasteiger charge is -2.03. The molecule has 0 radical (unpaired) electrons. The molecule has 0 atom stereocenters. The Balaban J connectivity index is 3.07. The summed E-state index contributed by atoms with van der Waals surface area (Å²) in [6, 6.07) is 8.12. The second kappa shape index (κ2) is 6.06. The Morgan fingerprint density at radius 1 is 1.38 bits per heavy atom. The van der Waals surface area contributed by atoms with E-state index < -0.39 is 0 Å². The fourth-order valence-electron chi connectivity index (χ4n) is 1.32. The monoisotopic (exact) mass is 213 g/mol. The van der Waals surface area contributed by atoms with Crippen molar-refractivity contribution in [3.63, 3.8) is 0 Å². The molecule has 1 rings (SSSR count). The summed E-state index contributed by atoms with van der Waals surface area (Å²) >= 11 is 0. The molecule has 0 fully saturated rings. The lowest BCUT2D eigenvalue weighted by molar-refractivity contribution is 1.23. The lowest BCUT2D eigenvalue weighted by Crippen LogP contribution is -1.93. The first kappa shape index (κ1) is 12.4. The number of nitrogens with zero attached hydrogens (tertiary/aromatic N) is 1. The van der Waals surface area contributed by atoms with Gasteiger partial charge in [-0.25, -0.2) is 4.99 Å². The second-order valence-corrected chi connectivity index (χ2v) is 3.87. The van der Waals surface area contributed by atoms with Crippen LogP contribution in [0.4, 0.5) is 5.69 Å². The third-order valence-corrected chi connectivity index (χ3v) is 2.31. The van der Waals surface area contributed by atoms with Crippen LogP contribution in [0.5, 0.6) is 0 Å². The van der Waals surface area contributed by atoms with E-state index in [1.165, 1.54) is 5.56 Å². The zero-order valence-electron chi connectivity index (χ0n) is 10.3. The van der Waals surface area contributed by atoms with Gasteiger partial charge in [0.2, 0.25) is 0 Å². The Kier molecular flexibility index (Phi) is 4.71. The van der Waals surface area contributed by atoms with Gasteiger partial charge in [0.1, 0.15) is 0 Å². The number of rotatable bonds is 4. The van der Waals surface area contributed by atoms with Crippen molar-refractivity contribution in [2.45, 2.75) is 27.2 Å². The van der Waals surface area contributed by atoms with E-state index in [0.29, 0.717) is 0 Å². The zero-order valence-corrected chi connectivity index (χ0v) is 10.3. The number of benzene rings is 1. The van der Waals surface area contributed by atoms with Gasteiger partial charge in [0.25, 0.3) is 0 Å². The molecule has 0 heterocycles. The minimum atomic E-state index is 0.955. The lowest BCUT2D eigenvalue weighted by atomic mass is 10.1. The highest BCUT2D eigenvalue weighted by molar-refractivity contribution is 6.08. The number of allylic oxidation sites excluding steroid dienone is 3. The molecule has 1 nitrogen and oxygen atoms in total. The van der Waals surface area contributed by atoms with Crippen molar-refractivity contribution in [3.05, 3.63) is 54.1 Å². The fourth-order valence-corrected chi connectivity index (χ4v) is 1.32. The molecule has 1 aromatic carbocycles. The molecule has 1 heteroatoms. The van der Waals surface area contributed by atoms with E-state index in [4.69, 9.17) is 0 Å². The van der Waals surface area contributed by atoms with Crippen LogP contribution in [-0.4, -0.2) is 5.71 Å². The van der Waals surface area contributed by atoms with Crippen LogP contribution in [0.1, 0.15) is 25.8 Å². The Hall–Kier alpha value is -1.63. The SMILES string of the molecule is C=C(C)C(/C=C\CC)=Nc1ccccc1C. The van der Waals surface area contributed by atoms with E-state index in [1.807, 2.05) is 31.2 Å². The van der Waals surface area contributed by atoms with Crippen molar-refractivity contribution in [2.24, 2.45) is 4.99 Å². The number of hydrogen-bond donors (Lipinski definition) is 0. The van der Waals surface area contributed by atoms with Gasteiger partial charge in [-0.2, -0.15) is 0 Å². The maximum Gasteiger partial charge on any atom is 0.0666 e. The average Bonchev–Trinajstić information content (AvgIpc) is 2.26. The summed E-state index contributed by atoms with van der Waals surface area (Å²) in [7, 11) is 0. The molecule has 0 bridgehead atoms. The number of hydrogen-bond acceptors (Lipinski definition) is 1. The highest BCUT2D eigenvalue weighted by Gasteiger charge is 1.98. The fraction of sp³-hybridized carbons (Fsp3) is 0.267. The van der Waals surface area contributed by atoms with Gasteiger partial charge < -0.3 is 0 Å². The molecule has 84 valence electrons. The summed E-state index contributed by atoms with van der Waals surface area (Å²) in [6.45, 7) is 10.1. The Morgan fingerprint density at radius 2 is 2.06 bits per heavy atom. The molecule has 16 heavy (non-hydrogen) atoms. The minimum absolute atomic E-state index is 0.955. The van der Waals surface area contributed by atoms with Gasteiger partial charge in [-0.15, -0.1) is 0 Å². The highest BCUT2D eigenvalue weighted by atomic mass is 14.7. The van der Waals surface area contributed by atoms with Crippen molar-refractivity contribution in [1.29, 1.82) is 0 Å². The summed E-state index contributed by atoms with van der Waals surface area (Å²) in [4.78, 5) is 4.63. The standard InChI is InChI=1S/C15H19N/c1-5-6-10-14(12(2)3)16-15-11-8-7-9-13(15)4/h6-11H,2,5H2,1,3-4H3/b10-6-,16-14?. The third-order valence-electron chi connectivity index (χ3n) is 2.31. The van der Waals surface area contributed by atoms with Gasteiger partial charge in [-0.3, -0.25) is 0 Å². The second-order valence-electron chi connectivity index (χ2n) is 3.87. The minimum Gasteiger partial charge on any atom is -0.249 e. The zero-order chi connectivity index (χ0) is 12.0. The Labute approximate surface area is 98.2 Å². The summed E-state index contributed by atoms with van der Waals surface area (Å²) in [6.07, 6.45) is 5.15. The van der Waals surface area contributed by atoms with E-state index in [2.05, 4.69) is 37.6 Å². The molecule has 0 aliphatic carbocycles. The predicted molar refractivity (Wildman–Crippen MR) is 72.5 cm³/mol. The molecule has 0 aromatic heterocycles. The molecule has 1 aromatic rings. The Morgan fingerprint density at radius 3 is 2.62 bits per heavy atom. The molecule has 0 saturated carbocycles. The van der Waals surface area contributed by atoms with E-state index in [1.54, 1.807) is 0 Å². The topological polar surface area (TPSA) is 12.4 Å². The van der Waals surface area contributed by atoms with Crippen LogP contribution in [0.15, 0.2) is 53.6 Å². The molecular weight excluding hydrogens is 194 g/mol. The first-order valence-electron chi connectivity index (χ1n) is 5.62. The van der Waals surface area contributed by atoms with E-state index in [-0.39, 0.29) is 0 Å². The molecule has 0 aliphatic heterocycles. The van der Waals surface area contributed by atoms with Gasteiger partial charge in [-0.1, -0.05) is 37.8 Å². The maximum atomic E-state index is 4.63. The summed E-state index contributed by atoms with van der Waals surface area (Å²) in [5, 5.41) is 0. The van der Waals surface area contributed by atoms with Gasteiger partial charge in [0.15, 0.2) is 0 Å². The van der Waals surface area contributed by atoms with Crippen molar-refractivity contribution in [2.75, 3.05) is 0 Å². The quantitative estimate of drug-likeness (QED) is 0.648. The molecule has 0 aliphatic rings. The van der Waals surface area contributed by atoms with Crippen molar-refractivity contribution in [3.8, 4) is 0 Å². The van der Waals surface area contributed by atoms with Crippen LogP contribution < -0.4 is 0 Å². The average molecular weight is 213 g/mol. The van der Waals surface area contributed by atoms with Crippen LogP contribution in [0.25, 0.3) is 0 Å². The van der Waals surface area contributed by atoms with Gasteiger partial charge >= 0.3 is 0 Å². The molecular formula is C15H19N. The van der Waals surface area contributed by atoms with Crippen molar-refractivity contribution >= 4 is 11.4 Å². The van der Waals surface area contributed by atoms with Crippen LogP contribution >= 0.6 is 0 Å². The largest absolute Gasteiger partial charge is 0.249 e. The maximum absolute atomic E-state index is 4.63. The summed E-state index contributed by atoms with van der Waals surface area (Å²) in [5.74, 6) is 0. The summed E-state index contributed by atoms with van der Waals surface area (Å²) in [5.41, 5.74) is 4.15. The molecule has 0 N–H and O–H groups in total. The smallest absolute Gasteiger partial charge is 0.0666 e. The normalized spacial score (nSPS) is 12.1. The first-order chi connectivity index (χ1) is 7.65. The van der Waals surface area contributed by atoms with Gasteiger partial charge in [0, 0.05) is 0 Å². The molecule has 0 unspecified atom stereocenters. The number of para-hydroxylation sites is 1. The number of aliphatic imine (C=N–C) groups is 1. The van der Waals surface area contributed by atoms with E-state index in [0.717, 1.165) is 23.4 Å². The summed E-state index contributed by atoms with van der Waals surface area (Å²) < 4.78 is 0. The highest BCUT2D eigenvalue weighted by Crippen LogP contribution is 2.18. The third kappa shape index (κ3) is 3.50. The van der Waals surface area contributed by atoms with E-state index >= 15 is 0 Å².